The zero-order chi connectivity index (χ0) is 13.8. The molecule has 0 saturated heterocycles. The van der Waals surface area contributed by atoms with Crippen molar-refractivity contribution >= 4 is 59.1 Å². The molecule has 19 heavy (non-hydrogen) atoms. The van der Waals surface area contributed by atoms with Gasteiger partial charge in [0.05, 0.1) is 12.7 Å². The Labute approximate surface area is 141 Å². The van der Waals surface area contributed by atoms with Gasteiger partial charge >= 0.3 is 0 Å². The second-order valence-electron chi connectivity index (χ2n) is 3.91. The lowest BCUT2D eigenvalue weighted by molar-refractivity contribution is 0.305. The van der Waals surface area contributed by atoms with Gasteiger partial charge in [0.2, 0.25) is 0 Å². The maximum Gasteiger partial charge on any atom is 0.148 e. The molecule has 2 aromatic rings. The van der Waals surface area contributed by atoms with Crippen LogP contribution in [0.3, 0.4) is 0 Å². The van der Waals surface area contributed by atoms with Crippen LogP contribution in [-0.4, -0.2) is 7.05 Å². The van der Waals surface area contributed by atoms with E-state index in [2.05, 4.69) is 71.3 Å². The zero-order valence-electron chi connectivity index (χ0n) is 10.2. The summed E-state index contributed by atoms with van der Waals surface area (Å²) in [5, 5.41) is 3.13. The first-order chi connectivity index (χ1) is 9.10. The molecule has 1 aromatic heterocycles. The largest absolute Gasteiger partial charge is 0.486 e. The van der Waals surface area contributed by atoms with Crippen LogP contribution in [0, 0.1) is 0 Å². The predicted molar refractivity (Wildman–Crippen MR) is 91.0 cm³/mol. The van der Waals surface area contributed by atoms with E-state index in [0.717, 1.165) is 25.0 Å². The van der Waals surface area contributed by atoms with E-state index >= 15 is 0 Å². The van der Waals surface area contributed by atoms with E-state index in [1.807, 2.05) is 13.1 Å². The Morgan fingerprint density at radius 1 is 1.16 bits per heavy atom. The average Bonchev–Trinajstić information content (AvgIpc) is 2.74. The third-order valence-electron chi connectivity index (χ3n) is 2.43. The molecule has 0 unspecified atom stereocenters. The Hall–Kier alpha value is 0.120. The zero-order valence-corrected chi connectivity index (χ0v) is 15.7. The number of benzene rings is 1. The van der Waals surface area contributed by atoms with Crippen molar-refractivity contribution in [1.29, 1.82) is 0 Å². The van der Waals surface area contributed by atoms with Gasteiger partial charge in [0.15, 0.2) is 0 Å². The number of ether oxygens (including phenoxy) is 1. The van der Waals surface area contributed by atoms with Gasteiger partial charge in [-0.25, -0.2) is 0 Å². The molecule has 1 heterocycles. The minimum atomic E-state index is 0.568. The molecule has 0 aliphatic rings. The minimum absolute atomic E-state index is 0.568. The summed E-state index contributed by atoms with van der Waals surface area (Å²) in [5.41, 5.74) is 1.20. The topological polar surface area (TPSA) is 21.3 Å². The van der Waals surface area contributed by atoms with E-state index in [0.29, 0.717) is 6.61 Å². The van der Waals surface area contributed by atoms with Crippen molar-refractivity contribution in [3.05, 3.63) is 47.4 Å². The molecule has 0 aliphatic carbocycles. The first kappa shape index (κ1) is 15.5. The van der Waals surface area contributed by atoms with Crippen molar-refractivity contribution in [2.24, 2.45) is 0 Å². The Kier molecular flexibility index (Phi) is 5.89. The highest BCUT2D eigenvalue weighted by Gasteiger charge is 2.09. The van der Waals surface area contributed by atoms with Crippen LogP contribution in [0.4, 0.5) is 0 Å². The van der Waals surface area contributed by atoms with Crippen LogP contribution < -0.4 is 10.1 Å². The van der Waals surface area contributed by atoms with Gasteiger partial charge in [0, 0.05) is 11.4 Å². The standard InChI is InChI=1S/C13H12Br3NOS/c1-17-6-8-4-10(14)13(11(15)5-8)18-7-9-2-3-12(16)19-9/h2-5,17H,6-7H2,1H3. The van der Waals surface area contributed by atoms with E-state index in [1.54, 1.807) is 11.3 Å². The maximum atomic E-state index is 5.88. The molecule has 0 spiro atoms. The Bertz CT molecular complexity index is 548. The molecule has 0 aliphatic heterocycles. The fourth-order valence-corrected chi connectivity index (χ4v) is 4.54. The number of rotatable bonds is 5. The number of thiophene rings is 1. The van der Waals surface area contributed by atoms with Gasteiger partial charge in [-0.2, -0.15) is 0 Å². The summed E-state index contributed by atoms with van der Waals surface area (Å²) in [5.74, 6) is 0.837. The summed E-state index contributed by atoms with van der Waals surface area (Å²) in [6.07, 6.45) is 0. The van der Waals surface area contributed by atoms with Crippen molar-refractivity contribution in [1.82, 2.24) is 5.32 Å². The summed E-state index contributed by atoms with van der Waals surface area (Å²) in [6, 6.07) is 8.23. The molecule has 0 saturated carbocycles. The maximum absolute atomic E-state index is 5.88. The van der Waals surface area contributed by atoms with Gasteiger partial charge in [0.1, 0.15) is 12.4 Å². The Balaban J connectivity index is 2.11. The predicted octanol–water partition coefficient (Wildman–Crippen LogP) is 5.33. The Morgan fingerprint density at radius 3 is 2.37 bits per heavy atom. The monoisotopic (exact) mass is 467 g/mol. The fourth-order valence-electron chi connectivity index (χ4n) is 1.63. The first-order valence-corrected chi connectivity index (χ1v) is 8.79. The van der Waals surface area contributed by atoms with Gasteiger partial charge in [-0.05, 0) is 84.7 Å². The van der Waals surface area contributed by atoms with Crippen molar-refractivity contribution in [2.45, 2.75) is 13.2 Å². The van der Waals surface area contributed by atoms with Crippen molar-refractivity contribution < 1.29 is 4.74 Å². The smallest absolute Gasteiger partial charge is 0.148 e. The summed E-state index contributed by atoms with van der Waals surface area (Å²) in [6.45, 7) is 1.40. The number of halogens is 3. The quantitative estimate of drug-likeness (QED) is 0.638. The van der Waals surface area contributed by atoms with E-state index in [1.165, 1.54) is 10.4 Å². The van der Waals surface area contributed by atoms with Crippen LogP contribution in [0.25, 0.3) is 0 Å². The van der Waals surface area contributed by atoms with Crippen LogP contribution in [-0.2, 0) is 13.2 Å². The normalized spacial score (nSPS) is 10.7. The van der Waals surface area contributed by atoms with Crippen LogP contribution >= 0.6 is 59.1 Å². The first-order valence-electron chi connectivity index (χ1n) is 5.59. The highest BCUT2D eigenvalue weighted by atomic mass is 79.9. The summed E-state index contributed by atoms with van der Waals surface area (Å²) in [4.78, 5) is 1.19. The van der Waals surface area contributed by atoms with Gasteiger partial charge in [-0.1, -0.05) is 0 Å². The highest BCUT2D eigenvalue weighted by Crippen LogP contribution is 2.36. The number of hydrogen-bond acceptors (Lipinski definition) is 3. The highest BCUT2D eigenvalue weighted by molar-refractivity contribution is 9.11. The Morgan fingerprint density at radius 2 is 1.84 bits per heavy atom. The van der Waals surface area contributed by atoms with Gasteiger partial charge in [-0.3, -0.25) is 0 Å². The summed E-state index contributed by atoms with van der Waals surface area (Å²) >= 11 is 12.2. The second-order valence-corrected chi connectivity index (χ2v) is 8.17. The summed E-state index contributed by atoms with van der Waals surface area (Å²) < 4.78 is 8.92. The second kappa shape index (κ2) is 7.22. The lowest BCUT2D eigenvalue weighted by atomic mass is 10.2. The van der Waals surface area contributed by atoms with Crippen molar-refractivity contribution in [3.63, 3.8) is 0 Å². The molecule has 0 fully saturated rings. The van der Waals surface area contributed by atoms with Crippen LogP contribution in [0.5, 0.6) is 5.75 Å². The van der Waals surface area contributed by atoms with Crippen LogP contribution in [0.15, 0.2) is 37.0 Å². The van der Waals surface area contributed by atoms with Crippen LogP contribution in [0.2, 0.25) is 0 Å². The van der Waals surface area contributed by atoms with Crippen molar-refractivity contribution in [3.8, 4) is 5.75 Å². The van der Waals surface area contributed by atoms with Crippen molar-refractivity contribution in [2.75, 3.05) is 7.05 Å². The third kappa shape index (κ3) is 4.29. The molecule has 0 atom stereocenters. The van der Waals surface area contributed by atoms with E-state index < -0.39 is 0 Å². The molecular weight excluding hydrogens is 458 g/mol. The third-order valence-corrected chi connectivity index (χ3v) is 5.20. The minimum Gasteiger partial charge on any atom is -0.486 e. The molecule has 0 radical (unpaired) electrons. The van der Waals surface area contributed by atoms with Crippen LogP contribution in [0.1, 0.15) is 10.4 Å². The lowest BCUT2D eigenvalue weighted by Crippen LogP contribution is -2.05. The lowest BCUT2D eigenvalue weighted by Gasteiger charge is -2.11. The van der Waals surface area contributed by atoms with E-state index in [4.69, 9.17) is 4.74 Å². The molecule has 6 heteroatoms. The summed E-state index contributed by atoms with van der Waals surface area (Å²) in [7, 11) is 1.93. The van der Waals surface area contributed by atoms with Gasteiger partial charge < -0.3 is 10.1 Å². The molecule has 0 bridgehead atoms. The fraction of sp³-hybridized carbons (Fsp3) is 0.231. The number of nitrogens with one attached hydrogen (secondary N) is 1. The molecule has 1 N–H and O–H groups in total. The molecule has 102 valence electrons. The number of hydrogen-bond donors (Lipinski definition) is 1. The SMILES string of the molecule is CNCc1cc(Br)c(OCc2ccc(Br)s2)c(Br)c1. The molecule has 2 nitrogen and oxygen atoms in total. The molecule has 0 amide bonds. The average molecular weight is 470 g/mol. The van der Waals surface area contributed by atoms with E-state index in [9.17, 15) is 0 Å². The molecule has 2 rings (SSSR count). The molecular formula is C13H12Br3NOS. The van der Waals surface area contributed by atoms with E-state index in [-0.39, 0.29) is 0 Å². The molecule has 1 aromatic carbocycles. The van der Waals surface area contributed by atoms with Gasteiger partial charge in [-0.15, -0.1) is 11.3 Å². The van der Waals surface area contributed by atoms with Gasteiger partial charge in [0.25, 0.3) is 0 Å².